The maximum atomic E-state index is 11.6. The van der Waals surface area contributed by atoms with Crippen molar-refractivity contribution in [2.45, 2.75) is 51.7 Å². The molecule has 1 saturated carbocycles. The van der Waals surface area contributed by atoms with E-state index in [0.29, 0.717) is 5.92 Å². The van der Waals surface area contributed by atoms with Crippen LogP contribution >= 0.6 is 0 Å². The van der Waals surface area contributed by atoms with Crippen LogP contribution in [-0.2, 0) is 4.74 Å². The highest BCUT2D eigenvalue weighted by Gasteiger charge is 2.27. The molecule has 0 unspecified atom stereocenters. The zero-order valence-electron chi connectivity index (χ0n) is 10.6. The summed E-state index contributed by atoms with van der Waals surface area (Å²) in [4.78, 5) is 14.3. The third kappa shape index (κ3) is 6.68. The normalized spacial score (nSPS) is 16.9. The Morgan fingerprint density at radius 3 is 2.71 bits per heavy atom. The van der Waals surface area contributed by atoms with Crippen LogP contribution in [0.25, 0.3) is 10.4 Å². The highest BCUT2D eigenvalue weighted by atomic mass is 16.6. The molecular formula is C11H20N4O2. The predicted molar refractivity (Wildman–Crippen MR) is 64.5 cm³/mol. The number of nitrogens with zero attached hydrogens (tertiary/aromatic N) is 3. The second-order valence-electron chi connectivity index (χ2n) is 5.49. The van der Waals surface area contributed by atoms with E-state index in [-0.39, 0.29) is 18.2 Å². The first-order valence-corrected chi connectivity index (χ1v) is 5.90. The van der Waals surface area contributed by atoms with Gasteiger partial charge in [0, 0.05) is 10.5 Å². The monoisotopic (exact) mass is 240 g/mol. The predicted octanol–water partition coefficient (Wildman–Crippen LogP) is 2.99. The summed E-state index contributed by atoms with van der Waals surface area (Å²) >= 11 is 0. The quantitative estimate of drug-likeness (QED) is 0.455. The van der Waals surface area contributed by atoms with Gasteiger partial charge in [0.1, 0.15) is 6.10 Å². The molecule has 1 atom stereocenters. The van der Waals surface area contributed by atoms with Crippen LogP contribution in [0.1, 0.15) is 40.0 Å². The molecule has 96 valence electrons. The number of azide groups is 1. The number of carbonyl (C=O) groups is 1. The fraction of sp³-hybridized carbons (Fsp3) is 0.909. The smallest absolute Gasteiger partial charge is 0.407 e. The first-order chi connectivity index (χ1) is 7.90. The summed E-state index contributed by atoms with van der Waals surface area (Å²) in [5.74, 6) is 0.622. The van der Waals surface area contributed by atoms with E-state index in [4.69, 9.17) is 10.3 Å². The van der Waals surface area contributed by atoms with E-state index in [1.54, 1.807) is 0 Å². The molecule has 0 heterocycles. The lowest BCUT2D eigenvalue weighted by Crippen LogP contribution is -2.42. The Morgan fingerprint density at radius 1 is 1.59 bits per heavy atom. The van der Waals surface area contributed by atoms with Crippen LogP contribution in [0.5, 0.6) is 0 Å². The summed E-state index contributed by atoms with van der Waals surface area (Å²) in [5, 5.41) is 6.20. The molecule has 0 aromatic heterocycles. The van der Waals surface area contributed by atoms with Crippen molar-refractivity contribution in [3.63, 3.8) is 0 Å². The Morgan fingerprint density at radius 2 is 2.24 bits per heavy atom. The lowest BCUT2D eigenvalue weighted by molar-refractivity contribution is 0.0876. The highest BCUT2D eigenvalue weighted by molar-refractivity contribution is 5.68. The molecule has 0 spiro atoms. The average molecular weight is 240 g/mol. The minimum Gasteiger partial charge on any atom is -0.446 e. The number of carbonyl (C=O) groups excluding carboxylic acids is 1. The first-order valence-electron chi connectivity index (χ1n) is 5.90. The lowest BCUT2D eigenvalue weighted by atomic mass is 10.1. The minimum atomic E-state index is -0.448. The number of rotatable bonds is 5. The summed E-state index contributed by atoms with van der Waals surface area (Å²) in [5.41, 5.74) is 7.97. The second-order valence-corrected chi connectivity index (χ2v) is 5.49. The van der Waals surface area contributed by atoms with Crippen molar-refractivity contribution in [3.05, 3.63) is 10.4 Å². The standard InChI is InChI=1S/C11H20N4O2/c1-11(2,3)14-10(16)17-9(7-13-15-12)6-8-4-5-8/h8-9H,4-7H2,1-3H3,(H,14,16)/t9-/m1/s1. The summed E-state index contributed by atoms with van der Waals surface area (Å²) in [6.45, 7) is 5.87. The van der Waals surface area contributed by atoms with Gasteiger partial charge in [-0.05, 0) is 38.6 Å². The van der Waals surface area contributed by atoms with Gasteiger partial charge in [0.25, 0.3) is 0 Å². The Kier molecular flexibility index (Phi) is 4.63. The zero-order chi connectivity index (χ0) is 12.9. The Labute approximate surface area is 101 Å². The van der Waals surface area contributed by atoms with E-state index < -0.39 is 6.09 Å². The van der Waals surface area contributed by atoms with Crippen LogP contribution in [0.3, 0.4) is 0 Å². The van der Waals surface area contributed by atoms with Crippen molar-refractivity contribution in [1.82, 2.24) is 5.32 Å². The third-order valence-corrected chi connectivity index (χ3v) is 2.39. The van der Waals surface area contributed by atoms with Crippen LogP contribution in [0.15, 0.2) is 5.11 Å². The average Bonchev–Trinajstić information content (AvgIpc) is 2.94. The number of alkyl carbamates (subject to hydrolysis) is 1. The van der Waals surface area contributed by atoms with E-state index in [9.17, 15) is 4.79 Å². The SMILES string of the molecule is CC(C)(C)NC(=O)O[C@@H](CN=[N+]=[N-])CC1CC1. The molecule has 0 radical (unpaired) electrons. The fourth-order valence-corrected chi connectivity index (χ4v) is 1.50. The number of hydrogen-bond acceptors (Lipinski definition) is 3. The van der Waals surface area contributed by atoms with Crippen molar-refractivity contribution in [2.24, 2.45) is 11.0 Å². The molecular weight excluding hydrogens is 220 g/mol. The van der Waals surface area contributed by atoms with Crippen molar-refractivity contribution < 1.29 is 9.53 Å². The van der Waals surface area contributed by atoms with Gasteiger partial charge in [0.15, 0.2) is 0 Å². The molecule has 6 nitrogen and oxygen atoms in total. The minimum absolute atomic E-state index is 0.213. The van der Waals surface area contributed by atoms with Crippen LogP contribution in [0, 0.1) is 5.92 Å². The first kappa shape index (κ1) is 13.6. The molecule has 1 aliphatic rings. The Bertz CT molecular complexity index is 314. The number of hydrogen-bond donors (Lipinski definition) is 1. The van der Waals surface area contributed by atoms with E-state index in [2.05, 4.69) is 15.3 Å². The summed E-state index contributed by atoms with van der Waals surface area (Å²) in [7, 11) is 0. The lowest BCUT2D eigenvalue weighted by Gasteiger charge is -2.23. The summed E-state index contributed by atoms with van der Waals surface area (Å²) in [6.07, 6.45) is 2.39. The van der Waals surface area contributed by atoms with Gasteiger partial charge in [-0.15, -0.1) is 0 Å². The molecule has 6 heteroatoms. The molecule has 0 aliphatic heterocycles. The Balaban J connectivity index is 2.40. The summed E-state index contributed by atoms with van der Waals surface area (Å²) in [6, 6.07) is 0. The molecule has 1 aliphatic carbocycles. The van der Waals surface area contributed by atoms with E-state index >= 15 is 0 Å². The number of nitrogens with one attached hydrogen (secondary N) is 1. The fourth-order valence-electron chi connectivity index (χ4n) is 1.50. The number of amides is 1. The van der Waals surface area contributed by atoms with Crippen molar-refractivity contribution in [3.8, 4) is 0 Å². The second kappa shape index (κ2) is 5.77. The van der Waals surface area contributed by atoms with Crippen molar-refractivity contribution in [1.29, 1.82) is 0 Å². The van der Waals surface area contributed by atoms with Crippen molar-refractivity contribution >= 4 is 6.09 Å². The van der Waals surface area contributed by atoms with Crippen LogP contribution < -0.4 is 5.32 Å². The number of ether oxygens (including phenoxy) is 1. The van der Waals surface area contributed by atoms with Crippen LogP contribution in [0.4, 0.5) is 4.79 Å². The van der Waals surface area contributed by atoms with Gasteiger partial charge in [-0.25, -0.2) is 4.79 Å². The largest absolute Gasteiger partial charge is 0.446 e. The molecule has 1 fully saturated rings. The van der Waals surface area contributed by atoms with Gasteiger partial charge >= 0.3 is 6.09 Å². The molecule has 0 bridgehead atoms. The van der Waals surface area contributed by atoms with Gasteiger partial charge in [-0.1, -0.05) is 18.0 Å². The molecule has 1 amide bonds. The molecule has 1 N–H and O–H groups in total. The maximum Gasteiger partial charge on any atom is 0.407 e. The third-order valence-electron chi connectivity index (χ3n) is 2.39. The van der Waals surface area contributed by atoms with E-state index in [1.807, 2.05) is 20.8 Å². The van der Waals surface area contributed by atoms with Gasteiger partial charge in [0.2, 0.25) is 0 Å². The van der Waals surface area contributed by atoms with Gasteiger partial charge in [-0.3, -0.25) is 0 Å². The molecule has 0 aromatic carbocycles. The van der Waals surface area contributed by atoms with Gasteiger partial charge < -0.3 is 10.1 Å². The highest BCUT2D eigenvalue weighted by Crippen LogP contribution is 2.34. The van der Waals surface area contributed by atoms with Crippen LogP contribution in [-0.4, -0.2) is 24.3 Å². The summed E-state index contributed by atoms with van der Waals surface area (Å²) < 4.78 is 5.26. The molecule has 0 aromatic rings. The molecule has 0 saturated heterocycles. The van der Waals surface area contributed by atoms with Crippen LogP contribution in [0.2, 0.25) is 0 Å². The molecule has 17 heavy (non-hydrogen) atoms. The zero-order valence-corrected chi connectivity index (χ0v) is 10.6. The van der Waals surface area contributed by atoms with E-state index in [1.165, 1.54) is 12.8 Å². The van der Waals surface area contributed by atoms with Gasteiger partial charge in [0.05, 0.1) is 6.54 Å². The van der Waals surface area contributed by atoms with Gasteiger partial charge in [-0.2, -0.15) is 0 Å². The van der Waals surface area contributed by atoms with E-state index in [0.717, 1.165) is 6.42 Å². The topological polar surface area (TPSA) is 87.1 Å². The molecule has 1 rings (SSSR count). The maximum absolute atomic E-state index is 11.6. The van der Waals surface area contributed by atoms with Crippen molar-refractivity contribution in [2.75, 3.05) is 6.54 Å². The Hall–Kier alpha value is -1.42.